The van der Waals surface area contributed by atoms with Crippen molar-refractivity contribution in [1.82, 2.24) is 0 Å². The average molecular weight is 169 g/mol. The van der Waals surface area contributed by atoms with E-state index in [4.69, 9.17) is 9.57 Å². The average Bonchev–Trinajstić information content (AvgIpc) is 2.45. The molecule has 0 aromatic carbocycles. The van der Waals surface area contributed by atoms with Gasteiger partial charge in [-0.2, -0.15) is 0 Å². The number of ether oxygens (including phenoxy) is 1. The molecule has 0 N–H and O–H groups in total. The molecule has 2 aliphatic heterocycles. The Labute approximate surface area is 72.7 Å². The number of hydrogen-bond acceptors (Lipinski definition) is 3. The van der Waals surface area contributed by atoms with Gasteiger partial charge in [0.1, 0.15) is 6.61 Å². The van der Waals surface area contributed by atoms with Crippen molar-refractivity contribution in [2.24, 2.45) is 17.0 Å². The molecule has 0 spiro atoms. The van der Waals surface area contributed by atoms with Crippen molar-refractivity contribution in [3.63, 3.8) is 0 Å². The maximum atomic E-state index is 5.68. The molecule has 68 valence electrons. The van der Waals surface area contributed by atoms with Crippen molar-refractivity contribution in [3.8, 4) is 0 Å². The molecule has 3 heteroatoms. The molecule has 0 aromatic rings. The second-order valence-electron chi connectivity index (χ2n) is 4.17. The Bertz CT molecular complexity index is 223. The molecule has 2 aliphatic rings. The number of oxime groups is 1. The Morgan fingerprint density at radius 2 is 2.25 bits per heavy atom. The zero-order valence-corrected chi connectivity index (χ0v) is 7.83. The molecule has 0 saturated carbocycles. The van der Waals surface area contributed by atoms with Gasteiger partial charge in [0, 0.05) is 5.92 Å². The highest BCUT2D eigenvalue weighted by atomic mass is 16.6. The van der Waals surface area contributed by atoms with Crippen molar-refractivity contribution in [1.29, 1.82) is 0 Å². The topological polar surface area (TPSA) is 30.8 Å². The van der Waals surface area contributed by atoms with Gasteiger partial charge in [0.05, 0.1) is 17.9 Å². The number of hydrogen-bond donors (Lipinski definition) is 0. The summed E-state index contributed by atoms with van der Waals surface area (Å²) in [6.45, 7) is 7.85. The molecule has 1 fully saturated rings. The molecular weight excluding hydrogens is 154 g/mol. The van der Waals surface area contributed by atoms with E-state index < -0.39 is 0 Å². The molecule has 1 saturated heterocycles. The third-order valence-electron chi connectivity index (χ3n) is 3.16. The first kappa shape index (κ1) is 8.05. The Hall–Kier alpha value is -0.570. The third-order valence-corrected chi connectivity index (χ3v) is 3.16. The predicted octanol–water partition coefficient (Wildman–Crippen LogP) is 1.43. The van der Waals surface area contributed by atoms with Crippen molar-refractivity contribution >= 4 is 5.71 Å². The summed E-state index contributed by atoms with van der Waals surface area (Å²) in [4.78, 5) is 5.06. The van der Waals surface area contributed by atoms with Gasteiger partial charge in [-0.15, -0.1) is 0 Å². The van der Waals surface area contributed by atoms with Crippen LogP contribution in [0.5, 0.6) is 0 Å². The van der Waals surface area contributed by atoms with Crippen molar-refractivity contribution in [3.05, 3.63) is 0 Å². The zero-order valence-electron chi connectivity index (χ0n) is 7.83. The fraction of sp³-hybridized carbons (Fsp3) is 0.889. The van der Waals surface area contributed by atoms with Crippen molar-refractivity contribution in [2.45, 2.75) is 26.4 Å². The monoisotopic (exact) mass is 169 g/mol. The molecular formula is C9H15NO2. The standard InChI is InChI=1S/C9H15NO2/c1-6-7-4-12-10-8(7)5-11-9(6,2)3/h6-7H,4-5H2,1-3H3. The lowest BCUT2D eigenvalue weighted by atomic mass is 9.77. The van der Waals surface area contributed by atoms with E-state index in [1.54, 1.807) is 0 Å². The minimum absolute atomic E-state index is 0.0304. The maximum Gasteiger partial charge on any atom is 0.125 e. The summed E-state index contributed by atoms with van der Waals surface area (Å²) >= 11 is 0. The van der Waals surface area contributed by atoms with Crippen LogP contribution in [0.25, 0.3) is 0 Å². The van der Waals surface area contributed by atoms with Gasteiger partial charge in [0.15, 0.2) is 0 Å². The molecule has 12 heavy (non-hydrogen) atoms. The molecule has 0 bridgehead atoms. The van der Waals surface area contributed by atoms with E-state index in [1.807, 2.05) is 0 Å². The summed E-state index contributed by atoms with van der Waals surface area (Å²) in [5.74, 6) is 0.973. The molecule has 2 heterocycles. The molecule has 0 aromatic heterocycles. The van der Waals surface area contributed by atoms with Gasteiger partial charge < -0.3 is 9.57 Å². The van der Waals surface area contributed by atoms with E-state index >= 15 is 0 Å². The van der Waals surface area contributed by atoms with Crippen LogP contribution in [0.4, 0.5) is 0 Å². The molecule has 3 nitrogen and oxygen atoms in total. The van der Waals surface area contributed by atoms with E-state index in [0.717, 1.165) is 12.3 Å². The highest BCUT2D eigenvalue weighted by Crippen LogP contribution is 2.35. The summed E-state index contributed by atoms with van der Waals surface area (Å²) in [6, 6.07) is 0. The fourth-order valence-corrected chi connectivity index (χ4v) is 1.81. The molecule has 2 rings (SSSR count). The van der Waals surface area contributed by atoms with Gasteiger partial charge in [0.25, 0.3) is 0 Å². The fourth-order valence-electron chi connectivity index (χ4n) is 1.81. The minimum atomic E-state index is -0.0304. The van der Waals surface area contributed by atoms with Gasteiger partial charge in [-0.25, -0.2) is 0 Å². The van der Waals surface area contributed by atoms with Crippen LogP contribution >= 0.6 is 0 Å². The summed E-state index contributed by atoms with van der Waals surface area (Å²) in [5.41, 5.74) is 1.05. The quantitative estimate of drug-likeness (QED) is 0.549. The van der Waals surface area contributed by atoms with Crippen LogP contribution in [0.3, 0.4) is 0 Å². The van der Waals surface area contributed by atoms with Gasteiger partial charge in [-0.1, -0.05) is 12.1 Å². The summed E-state index contributed by atoms with van der Waals surface area (Å²) < 4.78 is 5.68. The van der Waals surface area contributed by atoms with Crippen molar-refractivity contribution < 1.29 is 9.57 Å². The molecule has 2 atom stereocenters. The first-order chi connectivity index (χ1) is 5.61. The minimum Gasteiger partial charge on any atom is -0.395 e. The molecule has 0 aliphatic carbocycles. The van der Waals surface area contributed by atoms with E-state index in [0.29, 0.717) is 18.4 Å². The second kappa shape index (κ2) is 2.46. The second-order valence-corrected chi connectivity index (χ2v) is 4.17. The van der Waals surface area contributed by atoms with Crippen molar-refractivity contribution in [2.75, 3.05) is 13.2 Å². The molecule has 0 radical (unpaired) electrons. The van der Waals surface area contributed by atoms with Gasteiger partial charge >= 0.3 is 0 Å². The predicted molar refractivity (Wildman–Crippen MR) is 46.1 cm³/mol. The van der Waals surface area contributed by atoms with Crippen LogP contribution in [0.2, 0.25) is 0 Å². The first-order valence-electron chi connectivity index (χ1n) is 4.44. The highest BCUT2D eigenvalue weighted by molar-refractivity contribution is 5.89. The van der Waals surface area contributed by atoms with Crippen LogP contribution in [-0.4, -0.2) is 24.5 Å². The number of nitrogens with zero attached hydrogens (tertiary/aromatic N) is 1. The lowest BCUT2D eigenvalue weighted by molar-refractivity contribution is -0.0674. The van der Waals surface area contributed by atoms with Crippen LogP contribution < -0.4 is 0 Å². The summed E-state index contributed by atoms with van der Waals surface area (Å²) in [5, 5.41) is 3.97. The van der Waals surface area contributed by atoms with Crippen LogP contribution in [-0.2, 0) is 9.57 Å². The van der Waals surface area contributed by atoms with Gasteiger partial charge in [-0.05, 0) is 19.8 Å². The normalized spacial score (nSPS) is 38.4. The molecule has 2 unspecified atom stereocenters. The van der Waals surface area contributed by atoms with E-state index in [9.17, 15) is 0 Å². The maximum absolute atomic E-state index is 5.68. The molecule has 0 amide bonds. The van der Waals surface area contributed by atoms with Crippen LogP contribution in [0.1, 0.15) is 20.8 Å². The lowest BCUT2D eigenvalue weighted by Gasteiger charge is -2.39. The number of fused-ring (bicyclic) bond motifs is 1. The van der Waals surface area contributed by atoms with E-state index in [2.05, 4.69) is 25.9 Å². The Kier molecular flexibility index (Phi) is 1.65. The zero-order chi connectivity index (χ0) is 8.77. The van der Waals surface area contributed by atoms with Crippen LogP contribution in [0.15, 0.2) is 5.16 Å². The Morgan fingerprint density at radius 1 is 1.50 bits per heavy atom. The summed E-state index contributed by atoms with van der Waals surface area (Å²) in [7, 11) is 0. The largest absolute Gasteiger partial charge is 0.395 e. The Balaban J connectivity index is 2.20. The van der Waals surface area contributed by atoms with Crippen LogP contribution in [0, 0.1) is 11.8 Å². The lowest BCUT2D eigenvalue weighted by Crippen LogP contribution is -2.47. The Morgan fingerprint density at radius 3 is 3.00 bits per heavy atom. The summed E-state index contributed by atoms with van der Waals surface area (Å²) in [6.07, 6.45) is 0. The van der Waals surface area contributed by atoms with Gasteiger partial charge in [0.2, 0.25) is 0 Å². The highest BCUT2D eigenvalue weighted by Gasteiger charge is 2.43. The van der Waals surface area contributed by atoms with E-state index in [-0.39, 0.29) is 5.60 Å². The number of rotatable bonds is 0. The SMILES string of the molecule is CC1C2CON=C2COC1(C)C. The third kappa shape index (κ3) is 1.04. The van der Waals surface area contributed by atoms with Gasteiger partial charge in [-0.3, -0.25) is 0 Å². The smallest absolute Gasteiger partial charge is 0.125 e. The van der Waals surface area contributed by atoms with E-state index in [1.165, 1.54) is 0 Å². The first-order valence-corrected chi connectivity index (χ1v) is 4.44.